The van der Waals surface area contributed by atoms with Gasteiger partial charge in [0.2, 0.25) is 5.52 Å². The van der Waals surface area contributed by atoms with Gasteiger partial charge in [-0.15, -0.1) is 0 Å². The second kappa shape index (κ2) is 2.51. The lowest BCUT2D eigenvalue weighted by Gasteiger charge is -1.90. The molecule has 1 nitrogen and oxygen atoms in total. The highest BCUT2D eigenvalue weighted by molar-refractivity contribution is 6.31. The van der Waals surface area contributed by atoms with Gasteiger partial charge in [-0.05, 0) is 18.2 Å². The number of hydrogen-bond donors (Lipinski definition) is 0. The summed E-state index contributed by atoms with van der Waals surface area (Å²) in [4.78, 5) is 3.12. The summed E-state index contributed by atoms with van der Waals surface area (Å²) in [5, 5.41) is 1.91. The first kappa shape index (κ1) is 6.62. The van der Waals surface area contributed by atoms with Gasteiger partial charge in [-0.3, -0.25) is 0 Å². The van der Waals surface area contributed by atoms with Gasteiger partial charge in [0, 0.05) is 22.5 Å². The topological polar surface area (TPSA) is 14.1 Å². The summed E-state index contributed by atoms with van der Waals surface area (Å²) < 4.78 is 0. The highest BCUT2D eigenvalue weighted by Crippen LogP contribution is 2.14. The Balaban J connectivity index is 2.83. The normalized spacial score (nSPS) is 10.3. The highest BCUT2D eigenvalue weighted by atomic mass is 35.5. The van der Waals surface area contributed by atoms with Crippen molar-refractivity contribution in [2.45, 2.75) is 0 Å². The number of benzene rings is 1. The Morgan fingerprint density at radius 2 is 2.09 bits per heavy atom. The van der Waals surface area contributed by atoms with E-state index in [-0.39, 0.29) is 0 Å². The Morgan fingerprint density at radius 1 is 1.18 bits per heavy atom. The third-order valence-electron chi connectivity index (χ3n) is 1.62. The molecule has 0 aliphatic heterocycles. The van der Waals surface area contributed by atoms with Gasteiger partial charge in [-0.1, -0.05) is 11.6 Å². The monoisotopic (exact) mass is 164 g/mol. The second-order valence-corrected chi connectivity index (χ2v) is 2.84. The molecule has 0 radical (unpaired) electrons. The van der Waals surface area contributed by atoms with Crippen molar-refractivity contribution in [1.82, 2.24) is 0 Å². The molecule has 2 rings (SSSR count). The van der Waals surface area contributed by atoms with E-state index in [1.54, 1.807) is 0 Å². The van der Waals surface area contributed by atoms with Crippen molar-refractivity contribution in [2.24, 2.45) is 0 Å². The molecule has 0 atom stereocenters. The molecule has 0 amide bonds. The summed E-state index contributed by atoms with van der Waals surface area (Å²) in [7, 11) is 0. The first-order valence-electron chi connectivity index (χ1n) is 3.42. The maximum Gasteiger partial charge on any atom is 0.210 e. The van der Waals surface area contributed by atoms with Crippen molar-refractivity contribution in [3.63, 3.8) is 0 Å². The van der Waals surface area contributed by atoms with Crippen LogP contribution < -0.4 is 4.98 Å². The molecule has 0 bridgehead atoms. The molecular weight excluding hydrogens is 158 g/mol. The summed E-state index contributed by atoms with van der Waals surface area (Å²) in [6.07, 6.45) is 1.90. The van der Waals surface area contributed by atoms with Crippen molar-refractivity contribution >= 4 is 22.5 Å². The molecule has 1 aromatic heterocycles. The minimum absolute atomic E-state index is 0.775. The fourth-order valence-corrected chi connectivity index (χ4v) is 1.27. The van der Waals surface area contributed by atoms with Gasteiger partial charge >= 0.3 is 0 Å². The van der Waals surface area contributed by atoms with E-state index in [0.717, 1.165) is 15.9 Å². The average Bonchev–Trinajstić information content (AvgIpc) is 2.04. The molecular formula is C9H7ClN+. The zero-order valence-corrected chi connectivity index (χ0v) is 6.60. The van der Waals surface area contributed by atoms with Gasteiger partial charge in [-0.2, -0.15) is 0 Å². The molecule has 0 saturated heterocycles. The Bertz CT molecular complexity index is 384. The Morgan fingerprint density at radius 3 is 3.00 bits per heavy atom. The van der Waals surface area contributed by atoms with Crippen LogP contribution in [0, 0.1) is 0 Å². The predicted molar refractivity (Wildman–Crippen MR) is 45.5 cm³/mol. The van der Waals surface area contributed by atoms with Crippen molar-refractivity contribution in [3.05, 3.63) is 41.6 Å². The Labute approximate surface area is 69.6 Å². The first-order chi connectivity index (χ1) is 5.36. The molecule has 11 heavy (non-hydrogen) atoms. The summed E-state index contributed by atoms with van der Waals surface area (Å²) in [5.74, 6) is 0. The van der Waals surface area contributed by atoms with Gasteiger partial charge < -0.3 is 0 Å². The number of aromatic amines is 1. The lowest BCUT2D eigenvalue weighted by molar-refractivity contribution is -0.344. The molecule has 2 aromatic rings. The lowest BCUT2D eigenvalue weighted by atomic mass is 10.2. The largest absolute Gasteiger partial charge is 0.211 e. The molecule has 1 N–H and O–H groups in total. The van der Waals surface area contributed by atoms with Crippen LogP contribution in [0.1, 0.15) is 0 Å². The van der Waals surface area contributed by atoms with E-state index >= 15 is 0 Å². The third-order valence-corrected chi connectivity index (χ3v) is 1.86. The maximum absolute atomic E-state index is 5.80. The van der Waals surface area contributed by atoms with E-state index in [1.165, 1.54) is 0 Å². The quantitative estimate of drug-likeness (QED) is 0.568. The van der Waals surface area contributed by atoms with Gasteiger partial charge in [-0.25, -0.2) is 4.98 Å². The summed E-state index contributed by atoms with van der Waals surface area (Å²) in [5.41, 5.74) is 1.11. The standard InChI is InChI=1S/C9H6ClN/c10-8-3-4-9-7(6-8)2-1-5-11-9/h1-6H/p+1. The SMILES string of the molecule is Clc1ccc2[nH+]cccc2c1. The molecule has 0 unspecified atom stereocenters. The van der Waals surface area contributed by atoms with E-state index in [1.807, 2.05) is 36.5 Å². The van der Waals surface area contributed by atoms with Crippen LogP contribution >= 0.6 is 11.6 Å². The van der Waals surface area contributed by atoms with Gasteiger partial charge in [0.1, 0.15) is 0 Å². The van der Waals surface area contributed by atoms with Crippen LogP contribution in [-0.4, -0.2) is 0 Å². The smallest absolute Gasteiger partial charge is 0.210 e. The fourth-order valence-electron chi connectivity index (χ4n) is 1.09. The minimum atomic E-state index is 0.775. The number of fused-ring (bicyclic) bond motifs is 1. The second-order valence-electron chi connectivity index (χ2n) is 2.40. The zero-order chi connectivity index (χ0) is 7.68. The van der Waals surface area contributed by atoms with E-state index < -0.39 is 0 Å². The van der Waals surface area contributed by atoms with Gasteiger partial charge in [0.05, 0.1) is 0 Å². The molecule has 54 valence electrons. The van der Waals surface area contributed by atoms with Crippen molar-refractivity contribution in [3.8, 4) is 0 Å². The number of hydrogen-bond acceptors (Lipinski definition) is 0. The van der Waals surface area contributed by atoms with Gasteiger partial charge in [0.25, 0.3) is 0 Å². The zero-order valence-electron chi connectivity index (χ0n) is 5.84. The van der Waals surface area contributed by atoms with Crippen LogP contribution in [0.5, 0.6) is 0 Å². The number of halogens is 1. The molecule has 0 spiro atoms. The number of nitrogens with one attached hydrogen (secondary N) is 1. The molecule has 0 aliphatic rings. The average molecular weight is 165 g/mol. The summed E-state index contributed by atoms with van der Waals surface area (Å²) in [6.45, 7) is 0. The molecule has 1 aromatic carbocycles. The van der Waals surface area contributed by atoms with Crippen LogP contribution in [0.2, 0.25) is 5.02 Å². The van der Waals surface area contributed by atoms with Crippen LogP contribution in [0.25, 0.3) is 10.9 Å². The van der Waals surface area contributed by atoms with Crippen LogP contribution in [0.4, 0.5) is 0 Å². The van der Waals surface area contributed by atoms with Gasteiger partial charge in [0.15, 0.2) is 6.20 Å². The maximum atomic E-state index is 5.80. The van der Waals surface area contributed by atoms with Crippen molar-refractivity contribution in [2.75, 3.05) is 0 Å². The first-order valence-corrected chi connectivity index (χ1v) is 3.80. The lowest BCUT2D eigenvalue weighted by Crippen LogP contribution is -2.00. The predicted octanol–water partition coefficient (Wildman–Crippen LogP) is 2.31. The summed E-state index contributed by atoms with van der Waals surface area (Å²) >= 11 is 5.80. The van der Waals surface area contributed by atoms with Crippen LogP contribution in [-0.2, 0) is 0 Å². The van der Waals surface area contributed by atoms with E-state index in [4.69, 9.17) is 11.6 Å². The van der Waals surface area contributed by atoms with E-state index in [2.05, 4.69) is 4.98 Å². The highest BCUT2D eigenvalue weighted by Gasteiger charge is 1.97. The molecule has 2 heteroatoms. The van der Waals surface area contributed by atoms with Crippen LogP contribution in [0.15, 0.2) is 36.5 Å². The molecule has 0 saturated carbocycles. The van der Waals surface area contributed by atoms with E-state index in [9.17, 15) is 0 Å². The van der Waals surface area contributed by atoms with Crippen LogP contribution in [0.3, 0.4) is 0 Å². The summed E-state index contributed by atoms with van der Waals surface area (Å²) in [6, 6.07) is 9.77. The number of aromatic nitrogens is 1. The molecule has 0 aliphatic carbocycles. The molecule has 1 heterocycles. The number of pyridine rings is 1. The van der Waals surface area contributed by atoms with Crippen molar-refractivity contribution < 1.29 is 4.98 Å². The number of H-pyrrole nitrogens is 1. The third kappa shape index (κ3) is 1.19. The fraction of sp³-hybridized carbons (Fsp3) is 0. The Kier molecular flexibility index (Phi) is 1.51. The molecule has 0 fully saturated rings. The number of rotatable bonds is 0. The Hall–Kier alpha value is -1.08. The van der Waals surface area contributed by atoms with Crippen molar-refractivity contribution in [1.29, 1.82) is 0 Å². The van der Waals surface area contributed by atoms with E-state index in [0.29, 0.717) is 0 Å². The minimum Gasteiger partial charge on any atom is -0.211 e.